The van der Waals surface area contributed by atoms with Gasteiger partial charge in [0.15, 0.2) is 0 Å². The SMILES string of the molecule is c1ccc(B2c3ccccc3C3(c4ccccc4N(c4ccccc4)c4cnccc43)c3cccnc32)cc1. The second kappa shape index (κ2) is 8.54. The highest BCUT2D eigenvalue weighted by molar-refractivity contribution is 6.96. The minimum Gasteiger partial charge on any atom is -0.308 e. The maximum Gasteiger partial charge on any atom is 0.265 e. The van der Waals surface area contributed by atoms with Crippen molar-refractivity contribution >= 4 is 40.3 Å². The zero-order valence-electron chi connectivity index (χ0n) is 21.3. The van der Waals surface area contributed by atoms with Crippen LogP contribution in [0.2, 0.25) is 0 Å². The van der Waals surface area contributed by atoms with E-state index in [1.165, 1.54) is 33.2 Å². The molecule has 0 fully saturated rings. The summed E-state index contributed by atoms with van der Waals surface area (Å²) >= 11 is 0. The maximum atomic E-state index is 5.12. The van der Waals surface area contributed by atoms with Crippen LogP contribution in [0.25, 0.3) is 0 Å². The van der Waals surface area contributed by atoms with Crippen molar-refractivity contribution in [3.63, 3.8) is 0 Å². The first kappa shape index (κ1) is 22.1. The average Bonchev–Trinajstić information content (AvgIpc) is 3.02. The standard InChI is InChI=1S/C35H24BN3/c1-3-12-25(13-4-1)36-31-19-9-7-16-27(31)35(30-18-11-22-38-34(30)36)28-17-8-10-20-32(28)39(26-14-5-2-6-15-26)33-24-37-23-21-29(33)35/h1-24H. The Morgan fingerprint density at radius 1 is 0.538 bits per heavy atom. The molecule has 0 N–H and O–H groups in total. The van der Waals surface area contributed by atoms with Crippen LogP contribution < -0.4 is 21.4 Å². The number of para-hydroxylation sites is 2. The molecule has 0 saturated carbocycles. The minimum absolute atomic E-state index is 0.0498. The molecule has 2 aromatic heterocycles. The summed E-state index contributed by atoms with van der Waals surface area (Å²) in [5.74, 6) is 0. The van der Waals surface area contributed by atoms with E-state index in [0.717, 1.165) is 22.7 Å². The summed E-state index contributed by atoms with van der Waals surface area (Å²) < 4.78 is 0. The number of nitrogens with zero attached hydrogens (tertiary/aromatic N) is 3. The third-order valence-electron chi connectivity index (χ3n) is 8.33. The Hall–Kier alpha value is -4.96. The zero-order chi connectivity index (χ0) is 25.8. The Kier molecular flexibility index (Phi) is 4.83. The highest BCUT2D eigenvalue weighted by Gasteiger charge is 2.53. The molecule has 2 aliphatic heterocycles. The van der Waals surface area contributed by atoms with Crippen molar-refractivity contribution in [2.45, 2.75) is 5.41 Å². The van der Waals surface area contributed by atoms with Gasteiger partial charge in [-0.2, -0.15) is 0 Å². The van der Waals surface area contributed by atoms with Gasteiger partial charge in [-0.15, -0.1) is 0 Å². The largest absolute Gasteiger partial charge is 0.308 e. The Balaban J connectivity index is 1.53. The number of benzene rings is 4. The summed E-state index contributed by atoms with van der Waals surface area (Å²) in [5.41, 5.74) is 11.5. The van der Waals surface area contributed by atoms with E-state index in [-0.39, 0.29) is 6.71 Å². The van der Waals surface area contributed by atoms with Crippen LogP contribution in [0.15, 0.2) is 146 Å². The van der Waals surface area contributed by atoms with Crippen LogP contribution in [0, 0.1) is 0 Å². The predicted molar refractivity (Wildman–Crippen MR) is 160 cm³/mol. The van der Waals surface area contributed by atoms with Crippen LogP contribution in [-0.4, -0.2) is 16.7 Å². The maximum absolute atomic E-state index is 5.12. The summed E-state index contributed by atoms with van der Waals surface area (Å²) in [6.07, 6.45) is 5.89. The topological polar surface area (TPSA) is 29.0 Å². The fraction of sp³-hybridized carbons (Fsp3) is 0.0286. The molecule has 6 aromatic rings. The van der Waals surface area contributed by atoms with Gasteiger partial charge >= 0.3 is 0 Å². The van der Waals surface area contributed by atoms with Gasteiger partial charge in [0, 0.05) is 23.7 Å². The minimum atomic E-state index is -0.536. The second-order valence-electron chi connectivity index (χ2n) is 10.2. The van der Waals surface area contributed by atoms with E-state index < -0.39 is 5.41 Å². The molecule has 3 nitrogen and oxygen atoms in total. The number of anilines is 3. The van der Waals surface area contributed by atoms with Crippen molar-refractivity contribution in [3.8, 4) is 0 Å². The summed E-state index contributed by atoms with van der Waals surface area (Å²) in [5, 5.41) is 0. The monoisotopic (exact) mass is 497 g/mol. The molecule has 8 rings (SSSR count). The number of fused-ring (bicyclic) bond motifs is 8. The molecule has 0 radical (unpaired) electrons. The molecule has 4 heteroatoms. The molecule has 1 atom stereocenters. The van der Waals surface area contributed by atoms with Gasteiger partial charge in [0.05, 0.1) is 23.0 Å². The van der Waals surface area contributed by atoms with Gasteiger partial charge in [0.25, 0.3) is 6.71 Å². The number of hydrogen-bond acceptors (Lipinski definition) is 3. The number of pyridine rings is 2. The molecule has 0 saturated heterocycles. The lowest BCUT2D eigenvalue weighted by molar-refractivity contribution is 0.731. The van der Waals surface area contributed by atoms with Crippen molar-refractivity contribution in [1.82, 2.24) is 9.97 Å². The van der Waals surface area contributed by atoms with Gasteiger partial charge < -0.3 is 4.90 Å². The van der Waals surface area contributed by atoms with E-state index in [4.69, 9.17) is 4.98 Å². The van der Waals surface area contributed by atoms with Gasteiger partial charge in [-0.1, -0.05) is 108 Å². The van der Waals surface area contributed by atoms with Gasteiger partial charge in [-0.25, -0.2) is 0 Å². The van der Waals surface area contributed by atoms with E-state index in [0.29, 0.717) is 0 Å². The Morgan fingerprint density at radius 2 is 1.21 bits per heavy atom. The van der Waals surface area contributed by atoms with E-state index in [2.05, 4.69) is 137 Å². The number of hydrogen-bond donors (Lipinski definition) is 0. The highest BCUT2D eigenvalue weighted by Crippen LogP contribution is 2.57. The summed E-state index contributed by atoms with van der Waals surface area (Å²) in [6, 6.07) is 45.7. The summed E-state index contributed by atoms with van der Waals surface area (Å²) in [7, 11) is 0. The van der Waals surface area contributed by atoms with E-state index in [1.807, 2.05) is 18.6 Å². The lowest BCUT2D eigenvalue weighted by Crippen LogP contribution is -2.63. The molecule has 1 unspecified atom stereocenters. The Labute approximate surface area is 228 Å². The first-order valence-corrected chi connectivity index (χ1v) is 13.4. The lowest BCUT2D eigenvalue weighted by Gasteiger charge is -2.49. The molecule has 39 heavy (non-hydrogen) atoms. The molecule has 2 aliphatic rings. The van der Waals surface area contributed by atoms with Crippen LogP contribution in [-0.2, 0) is 5.41 Å². The number of rotatable bonds is 2. The molecule has 0 amide bonds. The van der Waals surface area contributed by atoms with Crippen molar-refractivity contribution in [2.24, 2.45) is 0 Å². The van der Waals surface area contributed by atoms with Crippen LogP contribution in [0.4, 0.5) is 17.1 Å². The lowest BCUT2D eigenvalue weighted by atomic mass is 9.32. The van der Waals surface area contributed by atoms with E-state index in [9.17, 15) is 0 Å². The zero-order valence-corrected chi connectivity index (χ0v) is 21.3. The predicted octanol–water partition coefficient (Wildman–Crippen LogP) is 5.47. The van der Waals surface area contributed by atoms with Crippen LogP contribution in [0.3, 0.4) is 0 Å². The first-order valence-electron chi connectivity index (χ1n) is 13.4. The molecule has 182 valence electrons. The van der Waals surface area contributed by atoms with Crippen LogP contribution >= 0.6 is 0 Å². The van der Waals surface area contributed by atoms with Gasteiger partial charge in [-0.3, -0.25) is 9.97 Å². The second-order valence-corrected chi connectivity index (χ2v) is 10.2. The normalized spacial score (nSPS) is 16.7. The van der Waals surface area contributed by atoms with Crippen molar-refractivity contribution in [3.05, 3.63) is 168 Å². The molecule has 0 aliphatic carbocycles. The highest BCUT2D eigenvalue weighted by atomic mass is 15.2. The van der Waals surface area contributed by atoms with Crippen LogP contribution in [0.5, 0.6) is 0 Å². The smallest absolute Gasteiger partial charge is 0.265 e. The van der Waals surface area contributed by atoms with Crippen LogP contribution in [0.1, 0.15) is 22.3 Å². The van der Waals surface area contributed by atoms with Gasteiger partial charge in [0.1, 0.15) is 0 Å². The van der Waals surface area contributed by atoms with Gasteiger partial charge in [0.2, 0.25) is 0 Å². The Bertz CT molecular complexity index is 1600. The average molecular weight is 497 g/mol. The summed E-state index contributed by atoms with van der Waals surface area (Å²) in [4.78, 5) is 12.1. The third-order valence-corrected chi connectivity index (χ3v) is 8.33. The number of aromatic nitrogens is 2. The quantitative estimate of drug-likeness (QED) is 0.297. The molecule has 0 bridgehead atoms. The molecule has 1 spiro atoms. The molecular formula is C35H24BN3. The molecule has 4 heterocycles. The van der Waals surface area contributed by atoms with E-state index >= 15 is 0 Å². The third kappa shape index (κ3) is 3.00. The molecule has 4 aromatic carbocycles. The molecular weight excluding hydrogens is 473 g/mol. The van der Waals surface area contributed by atoms with E-state index in [1.54, 1.807) is 0 Å². The van der Waals surface area contributed by atoms with Gasteiger partial charge in [-0.05, 0) is 52.6 Å². The fourth-order valence-electron chi connectivity index (χ4n) is 6.91. The Morgan fingerprint density at radius 3 is 2.05 bits per heavy atom. The van der Waals surface area contributed by atoms with Crippen molar-refractivity contribution in [1.29, 1.82) is 0 Å². The fourth-order valence-corrected chi connectivity index (χ4v) is 6.91. The summed E-state index contributed by atoms with van der Waals surface area (Å²) in [6.45, 7) is 0.0498. The first-order chi connectivity index (χ1) is 19.4. The van der Waals surface area contributed by atoms with Crippen molar-refractivity contribution < 1.29 is 0 Å². The van der Waals surface area contributed by atoms with Crippen molar-refractivity contribution in [2.75, 3.05) is 4.90 Å².